The highest BCUT2D eigenvalue weighted by Gasteiger charge is 2.36. The summed E-state index contributed by atoms with van der Waals surface area (Å²) < 4.78 is 0. The summed E-state index contributed by atoms with van der Waals surface area (Å²) in [5, 5.41) is 19.0. The van der Waals surface area contributed by atoms with Gasteiger partial charge in [-0.2, -0.15) is 0 Å². The highest BCUT2D eigenvalue weighted by molar-refractivity contribution is 5.10. The van der Waals surface area contributed by atoms with Crippen molar-refractivity contribution in [3.63, 3.8) is 0 Å². The third-order valence-electron chi connectivity index (χ3n) is 3.95. The van der Waals surface area contributed by atoms with Crippen molar-refractivity contribution in [2.24, 2.45) is 17.8 Å². The summed E-state index contributed by atoms with van der Waals surface area (Å²) in [4.78, 5) is 2.22. The van der Waals surface area contributed by atoms with Crippen LogP contribution >= 0.6 is 0 Å². The van der Waals surface area contributed by atoms with E-state index in [1.54, 1.807) is 0 Å². The highest BCUT2D eigenvalue weighted by Crippen LogP contribution is 2.43. The molecule has 3 heteroatoms. The summed E-state index contributed by atoms with van der Waals surface area (Å²) in [7, 11) is 0. The molecule has 2 aliphatic rings. The number of hydrogen-bond donors (Lipinski definition) is 2. The van der Waals surface area contributed by atoms with Gasteiger partial charge < -0.3 is 10.2 Å². The minimum absolute atomic E-state index is 0.317. The van der Waals surface area contributed by atoms with Gasteiger partial charge >= 0.3 is 0 Å². The van der Waals surface area contributed by atoms with Crippen LogP contribution in [0.1, 0.15) is 26.7 Å². The molecule has 2 bridgehead atoms. The van der Waals surface area contributed by atoms with E-state index >= 15 is 0 Å². The number of rotatable bonds is 6. The molecule has 3 nitrogen and oxygen atoms in total. The fourth-order valence-corrected chi connectivity index (χ4v) is 3.41. The molecular weight excluding hydrogens is 214 g/mol. The van der Waals surface area contributed by atoms with Crippen LogP contribution in [0.2, 0.25) is 0 Å². The summed E-state index contributed by atoms with van der Waals surface area (Å²) in [5.74, 6) is 2.26. The van der Waals surface area contributed by atoms with Gasteiger partial charge in [-0.05, 0) is 44.4 Å². The van der Waals surface area contributed by atoms with Gasteiger partial charge in [0.15, 0.2) is 0 Å². The molecule has 2 N–H and O–H groups in total. The molecule has 0 aromatic rings. The first-order chi connectivity index (χ1) is 8.04. The van der Waals surface area contributed by atoms with E-state index in [1.807, 2.05) is 13.8 Å². The lowest BCUT2D eigenvalue weighted by molar-refractivity contribution is 0.0710. The molecule has 0 aliphatic heterocycles. The van der Waals surface area contributed by atoms with Gasteiger partial charge in [0.25, 0.3) is 0 Å². The SMILES string of the molecule is C[C@H](O)CN(C[C@H]1C[C@H]2C=C[C@H]1C2)C[C@H](C)O. The second-order valence-corrected chi connectivity index (χ2v) is 5.96. The van der Waals surface area contributed by atoms with Crippen molar-refractivity contribution in [2.45, 2.75) is 38.9 Å². The van der Waals surface area contributed by atoms with Crippen LogP contribution in [0.25, 0.3) is 0 Å². The summed E-state index contributed by atoms with van der Waals surface area (Å²) >= 11 is 0. The van der Waals surface area contributed by atoms with Crippen LogP contribution in [0.4, 0.5) is 0 Å². The van der Waals surface area contributed by atoms with Crippen LogP contribution in [0.5, 0.6) is 0 Å². The molecule has 0 spiro atoms. The second-order valence-electron chi connectivity index (χ2n) is 5.96. The molecule has 0 amide bonds. The number of aliphatic hydroxyl groups excluding tert-OH is 2. The summed E-state index contributed by atoms with van der Waals surface area (Å²) in [6, 6.07) is 0. The number of fused-ring (bicyclic) bond motifs is 2. The van der Waals surface area contributed by atoms with Crippen LogP contribution in [0.3, 0.4) is 0 Å². The largest absolute Gasteiger partial charge is 0.392 e. The summed E-state index contributed by atoms with van der Waals surface area (Å²) in [6.07, 6.45) is 6.70. The molecule has 5 atom stereocenters. The molecule has 2 aliphatic carbocycles. The van der Waals surface area contributed by atoms with E-state index in [-0.39, 0.29) is 12.2 Å². The quantitative estimate of drug-likeness (QED) is 0.686. The van der Waals surface area contributed by atoms with Crippen LogP contribution in [0.15, 0.2) is 12.2 Å². The standard InChI is InChI=1S/C14H25NO2/c1-10(16)7-15(8-11(2)17)9-14-6-12-3-4-13(14)5-12/h3-4,10-14,16-17H,5-9H2,1-2H3/t10-,11-,12-,13-,14+/m0/s1. The van der Waals surface area contributed by atoms with Gasteiger partial charge in [0, 0.05) is 19.6 Å². The van der Waals surface area contributed by atoms with Crippen LogP contribution in [-0.2, 0) is 0 Å². The first-order valence-corrected chi connectivity index (χ1v) is 6.81. The molecular formula is C14H25NO2. The summed E-state index contributed by atoms with van der Waals surface area (Å²) in [6.45, 7) is 5.98. The van der Waals surface area contributed by atoms with Gasteiger partial charge in [-0.3, -0.25) is 4.90 Å². The first-order valence-electron chi connectivity index (χ1n) is 6.81. The predicted octanol–water partition coefficient (Wildman–Crippen LogP) is 1.26. The zero-order chi connectivity index (χ0) is 12.4. The molecule has 98 valence electrons. The summed E-state index contributed by atoms with van der Waals surface area (Å²) in [5.41, 5.74) is 0. The Labute approximate surface area is 104 Å². The number of nitrogens with zero attached hydrogens (tertiary/aromatic N) is 1. The highest BCUT2D eigenvalue weighted by atomic mass is 16.3. The minimum atomic E-state index is -0.317. The second kappa shape index (κ2) is 5.51. The molecule has 2 rings (SSSR count). The smallest absolute Gasteiger partial charge is 0.0639 e. The van der Waals surface area contributed by atoms with E-state index in [0.29, 0.717) is 13.1 Å². The lowest BCUT2D eigenvalue weighted by Crippen LogP contribution is -2.40. The fourth-order valence-electron chi connectivity index (χ4n) is 3.41. The minimum Gasteiger partial charge on any atom is -0.392 e. The molecule has 0 unspecified atom stereocenters. The molecule has 1 saturated carbocycles. The van der Waals surface area contributed by atoms with Crippen LogP contribution in [0, 0.1) is 17.8 Å². The van der Waals surface area contributed by atoms with E-state index < -0.39 is 0 Å². The third kappa shape index (κ3) is 3.54. The molecule has 0 saturated heterocycles. The van der Waals surface area contributed by atoms with Crippen molar-refractivity contribution in [2.75, 3.05) is 19.6 Å². The monoisotopic (exact) mass is 239 g/mol. The topological polar surface area (TPSA) is 43.7 Å². The Morgan fingerprint density at radius 1 is 1.12 bits per heavy atom. The molecule has 0 aromatic carbocycles. The van der Waals surface area contributed by atoms with Crippen LogP contribution < -0.4 is 0 Å². The first kappa shape index (κ1) is 13.1. The normalized spacial score (nSPS) is 34.5. The Hall–Kier alpha value is -0.380. The van der Waals surface area contributed by atoms with Gasteiger partial charge in [0.05, 0.1) is 12.2 Å². The number of hydrogen-bond acceptors (Lipinski definition) is 3. The lowest BCUT2D eigenvalue weighted by atomic mass is 9.93. The Morgan fingerprint density at radius 3 is 2.18 bits per heavy atom. The Morgan fingerprint density at radius 2 is 1.76 bits per heavy atom. The van der Waals surface area contributed by atoms with E-state index in [2.05, 4.69) is 17.1 Å². The van der Waals surface area contributed by atoms with Crippen molar-refractivity contribution >= 4 is 0 Å². The van der Waals surface area contributed by atoms with Crippen molar-refractivity contribution in [3.05, 3.63) is 12.2 Å². The van der Waals surface area contributed by atoms with Gasteiger partial charge in [0.1, 0.15) is 0 Å². The maximum atomic E-state index is 9.50. The van der Waals surface area contributed by atoms with Gasteiger partial charge in [-0.15, -0.1) is 0 Å². The van der Waals surface area contributed by atoms with Gasteiger partial charge in [0.2, 0.25) is 0 Å². The third-order valence-corrected chi connectivity index (χ3v) is 3.95. The molecule has 0 aromatic heterocycles. The average molecular weight is 239 g/mol. The van der Waals surface area contributed by atoms with Gasteiger partial charge in [-0.1, -0.05) is 12.2 Å². The van der Waals surface area contributed by atoms with Crippen molar-refractivity contribution < 1.29 is 10.2 Å². The predicted molar refractivity (Wildman–Crippen MR) is 68.6 cm³/mol. The van der Waals surface area contributed by atoms with Crippen molar-refractivity contribution in [3.8, 4) is 0 Å². The van der Waals surface area contributed by atoms with E-state index in [0.717, 1.165) is 24.3 Å². The number of allylic oxidation sites excluding steroid dienone is 2. The maximum Gasteiger partial charge on any atom is 0.0639 e. The molecule has 17 heavy (non-hydrogen) atoms. The average Bonchev–Trinajstić information content (AvgIpc) is 2.76. The molecule has 0 radical (unpaired) electrons. The van der Waals surface area contributed by atoms with E-state index in [1.165, 1.54) is 12.8 Å². The number of aliphatic hydroxyl groups is 2. The lowest BCUT2D eigenvalue weighted by Gasteiger charge is -2.30. The fraction of sp³-hybridized carbons (Fsp3) is 0.857. The zero-order valence-electron chi connectivity index (χ0n) is 10.9. The van der Waals surface area contributed by atoms with E-state index in [9.17, 15) is 10.2 Å². The Kier molecular flexibility index (Phi) is 4.23. The van der Waals surface area contributed by atoms with Gasteiger partial charge in [-0.25, -0.2) is 0 Å². The van der Waals surface area contributed by atoms with Crippen molar-refractivity contribution in [1.29, 1.82) is 0 Å². The Balaban J connectivity index is 1.86. The maximum absolute atomic E-state index is 9.50. The molecule has 0 heterocycles. The Bertz CT molecular complexity index is 265. The molecule has 1 fully saturated rings. The van der Waals surface area contributed by atoms with Crippen molar-refractivity contribution in [1.82, 2.24) is 4.90 Å². The zero-order valence-corrected chi connectivity index (χ0v) is 10.9. The van der Waals surface area contributed by atoms with E-state index in [4.69, 9.17) is 0 Å². The van der Waals surface area contributed by atoms with Crippen LogP contribution in [-0.4, -0.2) is 47.0 Å².